The fourth-order valence-corrected chi connectivity index (χ4v) is 2.55. The summed E-state index contributed by atoms with van der Waals surface area (Å²) in [6.45, 7) is 2.98. The van der Waals surface area contributed by atoms with Crippen LogP contribution in [0.2, 0.25) is 0 Å². The second-order valence-electron chi connectivity index (χ2n) is 4.71. The van der Waals surface area contributed by atoms with Crippen molar-refractivity contribution in [2.45, 2.75) is 49.9 Å². The lowest BCUT2D eigenvalue weighted by atomic mass is 10.0. The number of halogens is 1. The van der Waals surface area contributed by atoms with Gasteiger partial charge in [0.05, 0.1) is 7.11 Å². The maximum absolute atomic E-state index is 11.2. The van der Waals surface area contributed by atoms with E-state index in [0.29, 0.717) is 12.6 Å². The summed E-state index contributed by atoms with van der Waals surface area (Å²) in [7, 11) is 1.42. The Morgan fingerprint density at radius 2 is 2.19 bits per heavy atom. The minimum atomic E-state index is -0.224. The molecule has 1 rings (SSSR count). The highest BCUT2D eigenvalue weighted by atomic mass is 79.9. The molecule has 1 fully saturated rings. The second-order valence-corrected chi connectivity index (χ2v) is 5.81. The molecule has 3 atom stereocenters. The Kier molecular flexibility index (Phi) is 6.36. The molecule has 1 aliphatic rings. The molecule has 1 N–H and O–H groups in total. The molecular weight excluding hydrogens is 270 g/mol. The molecule has 16 heavy (non-hydrogen) atoms. The highest BCUT2D eigenvalue weighted by Gasteiger charge is 2.19. The summed E-state index contributed by atoms with van der Waals surface area (Å²) in [6, 6.07) is 0.564. The van der Waals surface area contributed by atoms with Gasteiger partial charge in [-0.1, -0.05) is 35.7 Å². The van der Waals surface area contributed by atoms with Gasteiger partial charge >= 0.3 is 5.97 Å². The van der Waals surface area contributed by atoms with Gasteiger partial charge in [0.2, 0.25) is 0 Å². The monoisotopic (exact) mass is 291 g/mol. The molecule has 1 saturated carbocycles. The van der Waals surface area contributed by atoms with Crippen LogP contribution < -0.4 is 5.32 Å². The van der Waals surface area contributed by atoms with E-state index < -0.39 is 0 Å². The lowest BCUT2D eigenvalue weighted by Crippen LogP contribution is -2.36. The molecule has 0 radical (unpaired) electrons. The summed E-state index contributed by atoms with van der Waals surface area (Å²) in [5, 5.41) is 3.45. The molecular formula is C12H22BrNO2. The Morgan fingerprint density at radius 1 is 1.44 bits per heavy atom. The summed E-state index contributed by atoms with van der Waals surface area (Å²) < 4.78 is 4.67. The maximum atomic E-state index is 11.2. The Labute approximate surface area is 106 Å². The lowest BCUT2D eigenvalue weighted by Gasteiger charge is -2.17. The molecule has 0 aromatic rings. The van der Waals surface area contributed by atoms with Crippen LogP contribution in [0.4, 0.5) is 0 Å². The van der Waals surface area contributed by atoms with Crippen LogP contribution in [0.3, 0.4) is 0 Å². The first-order chi connectivity index (χ1) is 7.63. The molecule has 3 unspecified atom stereocenters. The van der Waals surface area contributed by atoms with Crippen molar-refractivity contribution >= 4 is 21.9 Å². The zero-order valence-electron chi connectivity index (χ0n) is 10.2. The summed E-state index contributed by atoms with van der Waals surface area (Å²) in [5.41, 5.74) is 0. The Hall–Kier alpha value is -0.0900. The van der Waals surface area contributed by atoms with Gasteiger partial charge in [-0.2, -0.15) is 0 Å². The Morgan fingerprint density at radius 3 is 2.88 bits per heavy atom. The van der Waals surface area contributed by atoms with Gasteiger partial charge in [-0.15, -0.1) is 0 Å². The molecule has 0 saturated heterocycles. The van der Waals surface area contributed by atoms with Gasteiger partial charge in [0.1, 0.15) is 4.83 Å². The number of ether oxygens (including phenoxy) is 1. The number of esters is 1. The lowest BCUT2D eigenvalue weighted by molar-refractivity contribution is -0.139. The first-order valence-electron chi connectivity index (χ1n) is 6.08. The molecule has 94 valence electrons. The van der Waals surface area contributed by atoms with Crippen LogP contribution in [0, 0.1) is 5.92 Å². The van der Waals surface area contributed by atoms with Gasteiger partial charge in [-0.05, 0) is 25.2 Å². The van der Waals surface area contributed by atoms with E-state index in [-0.39, 0.29) is 10.8 Å². The van der Waals surface area contributed by atoms with Crippen LogP contribution in [-0.2, 0) is 9.53 Å². The molecule has 1 aliphatic carbocycles. The quantitative estimate of drug-likeness (QED) is 0.491. The van der Waals surface area contributed by atoms with Crippen molar-refractivity contribution < 1.29 is 9.53 Å². The van der Waals surface area contributed by atoms with E-state index in [9.17, 15) is 4.79 Å². The zero-order valence-corrected chi connectivity index (χ0v) is 11.8. The van der Waals surface area contributed by atoms with Crippen LogP contribution in [0.15, 0.2) is 0 Å². The molecule has 0 amide bonds. The average molecular weight is 292 g/mol. The predicted molar refractivity (Wildman–Crippen MR) is 68.8 cm³/mol. The normalized spacial score (nSPS) is 28.2. The van der Waals surface area contributed by atoms with Gasteiger partial charge in [-0.25, -0.2) is 0 Å². The number of carbonyl (C=O) groups excluding carboxylic acids is 1. The van der Waals surface area contributed by atoms with Gasteiger partial charge in [0.25, 0.3) is 0 Å². The van der Waals surface area contributed by atoms with Crippen molar-refractivity contribution in [2.24, 2.45) is 5.92 Å². The van der Waals surface area contributed by atoms with E-state index in [0.717, 1.165) is 5.92 Å². The van der Waals surface area contributed by atoms with Crippen LogP contribution in [0.5, 0.6) is 0 Å². The molecule has 0 heterocycles. The van der Waals surface area contributed by atoms with Gasteiger partial charge < -0.3 is 10.1 Å². The fourth-order valence-electron chi connectivity index (χ4n) is 2.17. The van der Waals surface area contributed by atoms with Crippen molar-refractivity contribution in [3.8, 4) is 0 Å². The highest BCUT2D eigenvalue weighted by molar-refractivity contribution is 9.10. The van der Waals surface area contributed by atoms with Crippen molar-refractivity contribution in [2.75, 3.05) is 13.7 Å². The van der Waals surface area contributed by atoms with Crippen molar-refractivity contribution in [1.82, 2.24) is 5.32 Å². The summed E-state index contributed by atoms with van der Waals surface area (Å²) in [6.07, 6.45) is 6.38. The highest BCUT2D eigenvalue weighted by Crippen LogP contribution is 2.22. The van der Waals surface area contributed by atoms with E-state index in [4.69, 9.17) is 0 Å². The first kappa shape index (κ1) is 14.0. The minimum absolute atomic E-state index is 0.200. The number of hydrogen-bond acceptors (Lipinski definition) is 3. The Bertz CT molecular complexity index is 223. The standard InChI is InChI=1S/C12H22BrNO2/c1-9-4-3-5-10(7-6-9)14-8-11(13)12(15)16-2/h9-11,14H,3-8H2,1-2H3. The molecule has 4 heteroatoms. The first-order valence-corrected chi connectivity index (χ1v) is 7.00. The van der Waals surface area contributed by atoms with Gasteiger partial charge in [0, 0.05) is 12.6 Å². The maximum Gasteiger partial charge on any atom is 0.320 e. The van der Waals surface area contributed by atoms with E-state index in [1.54, 1.807) is 0 Å². The molecule has 0 bridgehead atoms. The fraction of sp³-hybridized carbons (Fsp3) is 0.917. The zero-order chi connectivity index (χ0) is 12.0. The number of nitrogens with one attached hydrogen (secondary N) is 1. The topological polar surface area (TPSA) is 38.3 Å². The smallest absolute Gasteiger partial charge is 0.320 e. The number of carbonyl (C=O) groups is 1. The summed E-state index contributed by atoms with van der Waals surface area (Å²) in [4.78, 5) is 11.0. The third-order valence-electron chi connectivity index (χ3n) is 3.30. The number of hydrogen-bond donors (Lipinski definition) is 1. The third kappa shape index (κ3) is 4.83. The summed E-state index contributed by atoms with van der Waals surface area (Å²) >= 11 is 3.32. The molecule has 0 aromatic heterocycles. The molecule has 0 aliphatic heterocycles. The molecule has 0 aromatic carbocycles. The van der Waals surface area contributed by atoms with Crippen molar-refractivity contribution in [3.63, 3.8) is 0 Å². The van der Waals surface area contributed by atoms with Crippen LogP contribution >= 0.6 is 15.9 Å². The van der Waals surface area contributed by atoms with E-state index in [1.165, 1.54) is 39.2 Å². The summed E-state index contributed by atoms with van der Waals surface area (Å²) in [5.74, 6) is 0.654. The second kappa shape index (κ2) is 7.28. The third-order valence-corrected chi connectivity index (χ3v) is 4.00. The average Bonchev–Trinajstić information content (AvgIpc) is 2.50. The Balaban J connectivity index is 2.23. The largest absolute Gasteiger partial charge is 0.468 e. The molecule has 0 spiro atoms. The number of rotatable bonds is 4. The van der Waals surface area contributed by atoms with Gasteiger partial charge in [0.15, 0.2) is 0 Å². The van der Waals surface area contributed by atoms with Crippen LogP contribution in [0.25, 0.3) is 0 Å². The van der Waals surface area contributed by atoms with Crippen molar-refractivity contribution in [1.29, 1.82) is 0 Å². The molecule has 3 nitrogen and oxygen atoms in total. The van der Waals surface area contributed by atoms with E-state index >= 15 is 0 Å². The predicted octanol–water partition coefficient (Wildman–Crippen LogP) is 2.48. The van der Waals surface area contributed by atoms with Crippen molar-refractivity contribution in [3.05, 3.63) is 0 Å². The van der Waals surface area contributed by atoms with Gasteiger partial charge in [-0.3, -0.25) is 4.79 Å². The van der Waals surface area contributed by atoms with Crippen LogP contribution in [-0.4, -0.2) is 30.5 Å². The van der Waals surface area contributed by atoms with Crippen LogP contribution in [0.1, 0.15) is 39.0 Å². The number of methoxy groups -OCH3 is 1. The van der Waals surface area contributed by atoms with E-state index in [2.05, 4.69) is 32.9 Å². The minimum Gasteiger partial charge on any atom is -0.468 e. The van der Waals surface area contributed by atoms with E-state index in [1.807, 2.05) is 0 Å². The number of alkyl halides is 1. The SMILES string of the molecule is COC(=O)C(Br)CNC1CCCC(C)CC1.